The number of sulfonamides is 1. The van der Waals surface area contributed by atoms with Crippen molar-refractivity contribution in [2.75, 3.05) is 13.1 Å². The van der Waals surface area contributed by atoms with E-state index in [1.165, 1.54) is 27.6 Å². The second-order valence-corrected chi connectivity index (χ2v) is 11.1. The summed E-state index contributed by atoms with van der Waals surface area (Å²) in [7, 11) is -3.94. The highest BCUT2D eigenvalue weighted by Crippen LogP contribution is 2.23. The molecule has 0 unspecified atom stereocenters. The number of hydrogen-bond donors (Lipinski definition) is 0. The quantitative estimate of drug-likeness (QED) is 0.286. The van der Waals surface area contributed by atoms with Crippen LogP contribution in [0, 0.1) is 11.7 Å². The van der Waals surface area contributed by atoms with Crippen LogP contribution in [0.3, 0.4) is 0 Å². The molecule has 6 nitrogen and oxygen atoms in total. The van der Waals surface area contributed by atoms with Crippen molar-refractivity contribution in [2.45, 2.75) is 31.8 Å². The Hall–Kier alpha value is -3.49. The highest BCUT2D eigenvalue weighted by molar-refractivity contribution is 7.89. The third kappa shape index (κ3) is 6.19. The van der Waals surface area contributed by atoms with Gasteiger partial charge in [-0.05, 0) is 58.7 Å². The first-order valence-electron chi connectivity index (χ1n) is 11.8. The van der Waals surface area contributed by atoms with Crippen LogP contribution in [-0.2, 0) is 27.9 Å². The average molecular weight is 509 g/mol. The van der Waals surface area contributed by atoms with E-state index in [-0.39, 0.29) is 48.7 Å². The van der Waals surface area contributed by atoms with Crippen molar-refractivity contribution in [1.82, 2.24) is 9.21 Å². The largest absolute Gasteiger partial charge is 0.467 e. The molecule has 4 aromatic rings. The highest BCUT2D eigenvalue weighted by atomic mass is 32.2. The molecule has 3 aromatic carbocycles. The fraction of sp³-hybridized carbons (Fsp3) is 0.250. The van der Waals surface area contributed by atoms with Crippen LogP contribution in [0.2, 0.25) is 0 Å². The lowest BCUT2D eigenvalue weighted by Crippen LogP contribution is -2.43. The first-order valence-corrected chi connectivity index (χ1v) is 13.2. The maximum absolute atomic E-state index is 13.7. The van der Waals surface area contributed by atoms with E-state index in [4.69, 9.17) is 4.42 Å². The van der Waals surface area contributed by atoms with Gasteiger partial charge in [-0.15, -0.1) is 0 Å². The summed E-state index contributed by atoms with van der Waals surface area (Å²) in [5.74, 6) is -0.171. The maximum atomic E-state index is 13.7. The Morgan fingerprint density at radius 1 is 0.917 bits per heavy atom. The molecule has 4 rings (SSSR count). The van der Waals surface area contributed by atoms with Crippen molar-refractivity contribution < 1.29 is 22.0 Å². The standard InChI is InChI=1S/C28H29FN2O4S/c1-21(2)17-31(36(33,34)27-14-11-23-6-3-4-7-24(23)16-27)20-28(32)30(19-26-8-5-15-35-26)18-22-9-12-25(29)13-10-22/h3-16,21H,17-20H2,1-2H3. The fourth-order valence-electron chi connectivity index (χ4n) is 4.02. The minimum Gasteiger partial charge on any atom is -0.467 e. The van der Waals surface area contributed by atoms with Gasteiger partial charge in [0.2, 0.25) is 15.9 Å². The van der Waals surface area contributed by atoms with Crippen molar-refractivity contribution in [3.05, 3.63) is 102 Å². The molecule has 0 saturated heterocycles. The minimum atomic E-state index is -3.94. The Labute approximate surface area is 211 Å². The molecule has 0 aliphatic carbocycles. The number of benzene rings is 3. The minimum absolute atomic E-state index is 0.00338. The van der Waals surface area contributed by atoms with Crippen molar-refractivity contribution in [2.24, 2.45) is 5.92 Å². The van der Waals surface area contributed by atoms with Gasteiger partial charge in [0, 0.05) is 13.1 Å². The van der Waals surface area contributed by atoms with Crippen LogP contribution in [0.25, 0.3) is 10.8 Å². The fourth-order valence-corrected chi connectivity index (χ4v) is 5.60. The molecule has 8 heteroatoms. The summed E-state index contributed by atoms with van der Waals surface area (Å²) in [6.45, 7) is 4.03. The first kappa shape index (κ1) is 25.6. The summed E-state index contributed by atoms with van der Waals surface area (Å²) < 4.78 is 47.4. The summed E-state index contributed by atoms with van der Waals surface area (Å²) in [5, 5.41) is 1.75. The predicted octanol–water partition coefficient (Wildman–Crippen LogP) is 5.45. The van der Waals surface area contributed by atoms with E-state index in [1.54, 1.807) is 42.5 Å². The van der Waals surface area contributed by atoms with Crippen molar-refractivity contribution >= 4 is 26.7 Å². The molecule has 1 heterocycles. The Morgan fingerprint density at radius 2 is 1.64 bits per heavy atom. The van der Waals surface area contributed by atoms with Gasteiger partial charge in [0.1, 0.15) is 11.6 Å². The van der Waals surface area contributed by atoms with E-state index in [1.807, 2.05) is 38.1 Å². The van der Waals surface area contributed by atoms with E-state index in [0.717, 1.165) is 16.3 Å². The Morgan fingerprint density at radius 3 is 2.31 bits per heavy atom. The van der Waals surface area contributed by atoms with E-state index >= 15 is 0 Å². The number of carbonyl (C=O) groups is 1. The smallest absolute Gasteiger partial charge is 0.243 e. The highest BCUT2D eigenvalue weighted by Gasteiger charge is 2.29. The van der Waals surface area contributed by atoms with Gasteiger partial charge in [-0.2, -0.15) is 4.31 Å². The van der Waals surface area contributed by atoms with Gasteiger partial charge in [0.15, 0.2) is 0 Å². The average Bonchev–Trinajstić information content (AvgIpc) is 3.37. The molecule has 36 heavy (non-hydrogen) atoms. The third-order valence-electron chi connectivity index (χ3n) is 5.81. The molecular weight excluding hydrogens is 479 g/mol. The molecule has 0 bridgehead atoms. The number of rotatable bonds is 10. The first-order chi connectivity index (χ1) is 17.2. The van der Waals surface area contributed by atoms with Crippen LogP contribution in [0.5, 0.6) is 0 Å². The van der Waals surface area contributed by atoms with Gasteiger partial charge in [-0.25, -0.2) is 12.8 Å². The van der Waals surface area contributed by atoms with Crippen LogP contribution in [0.1, 0.15) is 25.2 Å². The normalized spacial score (nSPS) is 11.9. The second kappa shape index (κ2) is 11.1. The van der Waals surface area contributed by atoms with Gasteiger partial charge < -0.3 is 9.32 Å². The maximum Gasteiger partial charge on any atom is 0.243 e. The molecule has 0 aliphatic heterocycles. The van der Waals surface area contributed by atoms with E-state index < -0.39 is 10.0 Å². The van der Waals surface area contributed by atoms with Crippen molar-refractivity contribution in [1.29, 1.82) is 0 Å². The van der Waals surface area contributed by atoms with Crippen LogP contribution < -0.4 is 0 Å². The van der Waals surface area contributed by atoms with Gasteiger partial charge in [-0.3, -0.25) is 4.79 Å². The molecule has 0 saturated carbocycles. The molecule has 0 aliphatic rings. The van der Waals surface area contributed by atoms with Gasteiger partial charge in [-0.1, -0.05) is 56.3 Å². The lowest BCUT2D eigenvalue weighted by atomic mass is 10.1. The number of halogens is 1. The lowest BCUT2D eigenvalue weighted by molar-refractivity contribution is -0.133. The molecule has 1 aromatic heterocycles. The summed E-state index contributed by atoms with van der Waals surface area (Å²) in [4.78, 5) is 15.2. The van der Waals surface area contributed by atoms with Gasteiger partial charge >= 0.3 is 0 Å². The molecule has 0 fully saturated rings. The predicted molar refractivity (Wildman–Crippen MR) is 137 cm³/mol. The van der Waals surface area contributed by atoms with Crippen LogP contribution >= 0.6 is 0 Å². The summed E-state index contributed by atoms with van der Waals surface area (Å²) >= 11 is 0. The monoisotopic (exact) mass is 508 g/mol. The van der Waals surface area contributed by atoms with Crippen LogP contribution in [0.4, 0.5) is 4.39 Å². The number of hydrogen-bond acceptors (Lipinski definition) is 4. The molecule has 0 N–H and O–H groups in total. The lowest BCUT2D eigenvalue weighted by Gasteiger charge is -2.28. The molecule has 0 spiro atoms. The molecule has 0 radical (unpaired) electrons. The van der Waals surface area contributed by atoms with Crippen molar-refractivity contribution in [3.63, 3.8) is 0 Å². The zero-order valence-corrected chi connectivity index (χ0v) is 21.1. The number of nitrogens with zero attached hydrogens (tertiary/aromatic N) is 2. The summed E-state index contributed by atoms with van der Waals surface area (Å²) in [6, 6.07) is 21.9. The summed E-state index contributed by atoms with van der Waals surface area (Å²) in [5.41, 5.74) is 0.726. The molecule has 0 atom stereocenters. The number of amides is 1. The Balaban J connectivity index is 1.62. The topological polar surface area (TPSA) is 70.8 Å². The Bertz CT molecular complexity index is 1420. The second-order valence-electron chi connectivity index (χ2n) is 9.16. The van der Waals surface area contributed by atoms with E-state index in [9.17, 15) is 17.6 Å². The number of furan rings is 1. The van der Waals surface area contributed by atoms with Crippen LogP contribution in [-0.4, -0.2) is 36.6 Å². The Kier molecular flexibility index (Phi) is 7.86. The molecular formula is C28H29FN2O4S. The zero-order chi connectivity index (χ0) is 25.7. The van der Waals surface area contributed by atoms with E-state index in [2.05, 4.69) is 0 Å². The third-order valence-corrected chi connectivity index (χ3v) is 7.61. The van der Waals surface area contributed by atoms with Crippen molar-refractivity contribution in [3.8, 4) is 0 Å². The SMILES string of the molecule is CC(C)CN(CC(=O)N(Cc1ccc(F)cc1)Cc1ccco1)S(=O)(=O)c1ccc2ccccc2c1. The van der Waals surface area contributed by atoms with E-state index in [0.29, 0.717) is 5.76 Å². The van der Waals surface area contributed by atoms with Gasteiger partial charge in [0.25, 0.3) is 0 Å². The van der Waals surface area contributed by atoms with Crippen LogP contribution in [0.15, 0.2) is 94.4 Å². The molecule has 1 amide bonds. The number of fused-ring (bicyclic) bond motifs is 1. The number of carbonyl (C=O) groups excluding carboxylic acids is 1. The van der Waals surface area contributed by atoms with Gasteiger partial charge in [0.05, 0.1) is 24.2 Å². The molecule has 188 valence electrons. The zero-order valence-electron chi connectivity index (χ0n) is 20.3. The summed E-state index contributed by atoms with van der Waals surface area (Å²) in [6.07, 6.45) is 1.52.